The summed E-state index contributed by atoms with van der Waals surface area (Å²) in [5, 5.41) is 7.77. The first-order chi connectivity index (χ1) is 12.9. The van der Waals surface area contributed by atoms with Gasteiger partial charge in [0.25, 0.3) is 5.91 Å². The zero-order valence-corrected chi connectivity index (χ0v) is 16.3. The molecule has 0 fully saturated rings. The zero-order valence-electron chi connectivity index (χ0n) is 15.5. The Balaban J connectivity index is 1.74. The maximum absolute atomic E-state index is 12.5. The second kappa shape index (κ2) is 7.75. The summed E-state index contributed by atoms with van der Waals surface area (Å²) in [7, 11) is 3.09. The average molecular weight is 390 g/mol. The van der Waals surface area contributed by atoms with Gasteiger partial charge in [-0.05, 0) is 26.0 Å². The van der Waals surface area contributed by atoms with Gasteiger partial charge in [0.15, 0.2) is 5.76 Å². The SMILES string of the molecule is COc1cc(NC(=O)c2ccc(Cn3nc(C)c(Cl)c3C)o2)cc(OC)c1. The molecule has 0 unspecified atom stereocenters. The number of amides is 1. The number of furan rings is 1. The van der Waals surface area contributed by atoms with Crippen LogP contribution in [0.15, 0.2) is 34.7 Å². The summed E-state index contributed by atoms with van der Waals surface area (Å²) >= 11 is 6.16. The summed E-state index contributed by atoms with van der Waals surface area (Å²) in [6.07, 6.45) is 0. The number of hydrogen-bond donors (Lipinski definition) is 1. The van der Waals surface area contributed by atoms with Crippen LogP contribution in [0.5, 0.6) is 11.5 Å². The molecule has 2 aromatic heterocycles. The summed E-state index contributed by atoms with van der Waals surface area (Å²) in [4.78, 5) is 12.5. The van der Waals surface area contributed by atoms with Crippen molar-refractivity contribution in [2.45, 2.75) is 20.4 Å². The first-order valence-corrected chi connectivity index (χ1v) is 8.61. The molecule has 0 saturated carbocycles. The molecule has 142 valence electrons. The number of nitrogens with one attached hydrogen (secondary N) is 1. The minimum atomic E-state index is -0.372. The second-order valence-corrected chi connectivity index (χ2v) is 6.34. The third-order valence-corrected chi connectivity index (χ3v) is 4.64. The van der Waals surface area contributed by atoms with Crippen LogP contribution >= 0.6 is 11.6 Å². The fourth-order valence-corrected chi connectivity index (χ4v) is 2.77. The number of aromatic nitrogens is 2. The lowest BCUT2D eigenvalue weighted by Gasteiger charge is -2.09. The molecule has 0 aliphatic rings. The van der Waals surface area contributed by atoms with E-state index in [1.807, 2.05) is 13.8 Å². The van der Waals surface area contributed by atoms with Crippen LogP contribution in [0.4, 0.5) is 5.69 Å². The number of nitrogens with zero attached hydrogens (tertiary/aromatic N) is 2. The van der Waals surface area contributed by atoms with E-state index >= 15 is 0 Å². The standard InChI is InChI=1S/C19H20ClN3O4/c1-11-18(20)12(2)23(22-11)10-14-5-6-17(27-14)19(24)21-13-7-15(25-3)9-16(8-13)26-4/h5-9H,10H2,1-4H3,(H,21,24). The molecule has 3 rings (SSSR count). The number of benzene rings is 1. The van der Waals surface area contributed by atoms with Crippen LogP contribution < -0.4 is 14.8 Å². The van der Waals surface area contributed by atoms with E-state index in [9.17, 15) is 4.79 Å². The van der Waals surface area contributed by atoms with Crippen molar-refractivity contribution >= 4 is 23.2 Å². The Bertz CT molecular complexity index is 955. The molecular formula is C19H20ClN3O4. The topological polar surface area (TPSA) is 78.5 Å². The molecule has 0 spiro atoms. The van der Waals surface area contributed by atoms with Crippen LogP contribution in [0.3, 0.4) is 0 Å². The lowest BCUT2D eigenvalue weighted by atomic mass is 10.2. The Morgan fingerprint density at radius 2 is 1.85 bits per heavy atom. The van der Waals surface area contributed by atoms with Gasteiger partial charge in [-0.2, -0.15) is 5.10 Å². The van der Waals surface area contributed by atoms with E-state index in [0.29, 0.717) is 34.5 Å². The van der Waals surface area contributed by atoms with Crippen LogP contribution in [0.1, 0.15) is 27.7 Å². The van der Waals surface area contributed by atoms with E-state index in [0.717, 1.165) is 11.4 Å². The summed E-state index contributed by atoms with van der Waals surface area (Å²) in [5.41, 5.74) is 2.14. The molecule has 1 amide bonds. The lowest BCUT2D eigenvalue weighted by Crippen LogP contribution is -2.11. The van der Waals surface area contributed by atoms with Crippen molar-refractivity contribution in [3.05, 3.63) is 58.3 Å². The number of hydrogen-bond acceptors (Lipinski definition) is 5. The second-order valence-electron chi connectivity index (χ2n) is 5.96. The molecular weight excluding hydrogens is 370 g/mol. The summed E-state index contributed by atoms with van der Waals surface area (Å²) in [6.45, 7) is 4.12. The number of ether oxygens (including phenoxy) is 2. The quantitative estimate of drug-likeness (QED) is 0.687. The van der Waals surface area contributed by atoms with Crippen molar-refractivity contribution in [3.8, 4) is 11.5 Å². The monoisotopic (exact) mass is 389 g/mol. The summed E-state index contributed by atoms with van der Waals surface area (Å²) in [5.74, 6) is 1.57. The Labute approximate surface area is 161 Å². The molecule has 0 aliphatic heterocycles. The van der Waals surface area contributed by atoms with Crippen LogP contribution in [0, 0.1) is 13.8 Å². The number of carbonyl (C=O) groups is 1. The highest BCUT2D eigenvalue weighted by Crippen LogP contribution is 2.26. The molecule has 1 aromatic carbocycles. The van der Waals surface area contributed by atoms with Crippen molar-refractivity contribution in [1.82, 2.24) is 9.78 Å². The van der Waals surface area contributed by atoms with Crippen molar-refractivity contribution in [2.75, 3.05) is 19.5 Å². The number of aryl methyl sites for hydroxylation is 1. The average Bonchev–Trinajstić information content (AvgIpc) is 3.22. The minimum absolute atomic E-state index is 0.194. The maximum atomic E-state index is 12.5. The zero-order chi connectivity index (χ0) is 19.6. The molecule has 1 N–H and O–H groups in total. The van der Waals surface area contributed by atoms with Gasteiger partial charge in [0, 0.05) is 23.9 Å². The van der Waals surface area contributed by atoms with Gasteiger partial charge in [0.05, 0.1) is 37.2 Å². The lowest BCUT2D eigenvalue weighted by molar-refractivity contribution is 0.0994. The number of anilines is 1. The van der Waals surface area contributed by atoms with Gasteiger partial charge in [-0.15, -0.1) is 0 Å². The highest BCUT2D eigenvalue weighted by atomic mass is 35.5. The number of carbonyl (C=O) groups excluding carboxylic acids is 1. The van der Waals surface area contributed by atoms with Gasteiger partial charge in [0.2, 0.25) is 0 Å². The van der Waals surface area contributed by atoms with E-state index in [2.05, 4.69) is 10.4 Å². The Morgan fingerprint density at radius 1 is 1.19 bits per heavy atom. The molecule has 0 aliphatic carbocycles. The molecule has 8 heteroatoms. The minimum Gasteiger partial charge on any atom is -0.497 e. The third-order valence-electron chi connectivity index (χ3n) is 4.09. The van der Waals surface area contributed by atoms with Crippen molar-refractivity contribution < 1.29 is 18.7 Å². The maximum Gasteiger partial charge on any atom is 0.291 e. The van der Waals surface area contributed by atoms with Gasteiger partial charge < -0.3 is 19.2 Å². The third kappa shape index (κ3) is 4.09. The highest BCUT2D eigenvalue weighted by Gasteiger charge is 2.15. The van der Waals surface area contributed by atoms with Crippen molar-refractivity contribution in [2.24, 2.45) is 0 Å². The number of methoxy groups -OCH3 is 2. The van der Waals surface area contributed by atoms with Crippen LogP contribution in [0.2, 0.25) is 5.02 Å². The molecule has 2 heterocycles. The number of halogens is 1. The van der Waals surface area contributed by atoms with E-state index in [1.165, 1.54) is 0 Å². The predicted octanol–water partition coefficient (Wildman–Crippen LogP) is 4.06. The molecule has 0 saturated heterocycles. The highest BCUT2D eigenvalue weighted by molar-refractivity contribution is 6.31. The van der Waals surface area contributed by atoms with Crippen LogP contribution in [-0.2, 0) is 6.54 Å². The van der Waals surface area contributed by atoms with E-state index in [1.54, 1.807) is 49.2 Å². The smallest absolute Gasteiger partial charge is 0.291 e. The van der Waals surface area contributed by atoms with Crippen LogP contribution in [-0.4, -0.2) is 29.9 Å². The van der Waals surface area contributed by atoms with E-state index in [4.69, 9.17) is 25.5 Å². The summed E-state index contributed by atoms with van der Waals surface area (Å²) in [6, 6.07) is 8.48. The first-order valence-electron chi connectivity index (χ1n) is 8.24. The fraction of sp³-hybridized carbons (Fsp3) is 0.263. The Kier molecular flexibility index (Phi) is 5.41. The van der Waals surface area contributed by atoms with Crippen molar-refractivity contribution in [3.63, 3.8) is 0 Å². The molecule has 7 nitrogen and oxygen atoms in total. The molecule has 0 radical (unpaired) electrons. The van der Waals surface area contributed by atoms with E-state index < -0.39 is 0 Å². The normalized spacial score (nSPS) is 10.7. The van der Waals surface area contributed by atoms with Gasteiger partial charge in [-0.25, -0.2) is 0 Å². The van der Waals surface area contributed by atoms with E-state index in [-0.39, 0.29) is 11.7 Å². The first kappa shape index (κ1) is 18.8. The fourth-order valence-electron chi connectivity index (χ4n) is 2.63. The van der Waals surface area contributed by atoms with Gasteiger partial charge in [-0.1, -0.05) is 11.6 Å². The Morgan fingerprint density at radius 3 is 2.41 bits per heavy atom. The van der Waals surface area contributed by atoms with Gasteiger partial charge >= 0.3 is 0 Å². The predicted molar refractivity (Wildman–Crippen MR) is 102 cm³/mol. The molecule has 0 atom stereocenters. The largest absolute Gasteiger partial charge is 0.497 e. The van der Waals surface area contributed by atoms with Crippen LogP contribution in [0.25, 0.3) is 0 Å². The van der Waals surface area contributed by atoms with Crippen molar-refractivity contribution in [1.29, 1.82) is 0 Å². The number of rotatable bonds is 6. The van der Waals surface area contributed by atoms with Gasteiger partial charge in [0.1, 0.15) is 17.3 Å². The molecule has 3 aromatic rings. The molecule has 0 bridgehead atoms. The molecule has 27 heavy (non-hydrogen) atoms. The van der Waals surface area contributed by atoms with Gasteiger partial charge in [-0.3, -0.25) is 9.48 Å². The summed E-state index contributed by atoms with van der Waals surface area (Å²) < 4.78 is 17.8. The Hall–Kier alpha value is -2.93.